The molecule has 0 atom stereocenters. The Hall–Kier alpha value is -3.47. The zero-order chi connectivity index (χ0) is 29.5. The van der Waals surface area contributed by atoms with E-state index in [1.165, 1.54) is 0 Å². The predicted molar refractivity (Wildman–Crippen MR) is 174 cm³/mol. The standard InChI is InChI=1S/C32H43N7O2S/c1-39(2)29-13-7-11-26-25(29)10-8-14-30(26)42(40,41)36-22-24-17-15-23(16-18-24)21-35-32-37-28-12-4-3-9-27(28)31(38-32)34-20-6-5-19-33/h3-4,7-14,23-24,36H,5-6,15-22,33H2,1-2H3,(H2,34,35,37,38)/t23-,24-. The Morgan fingerprint density at radius 1 is 0.810 bits per heavy atom. The van der Waals surface area contributed by atoms with Crippen molar-refractivity contribution in [3.8, 4) is 0 Å². The second-order valence-corrected chi connectivity index (χ2v) is 13.2. The van der Waals surface area contributed by atoms with Crippen molar-refractivity contribution < 1.29 is 8.42 Å². The molecule has 4 aromatic rings. The number of nitrogens with one attached hydrogen (secondary N) is 3. The highest BCUT2D eigenvalue weighted by Gasteiger charge is 2.25. The van der Waals surface area contributed by atoms with E-state index >= 15 is 0 Å². The first-order chi connectivity index (χ1) is 20.4. The average molecular weight is 590 g/mol. The number of anilines is 3. The van der Waals surface area contributed by atoms with Crippen LogP contribution in [0.2, 0.25) is 0 Å². The topological polar surface area (TPSA) is 125 Å². The number of nitrogens with zero attached hydrogens (tertiary/aromatic N) is 3. The van der Waals surface area contributed by atoms with Crippen LogP contribution < -0.4 is 26.0 Å². The molecular weight excluding hydrogens is 546 g/mol. The zero-order valence-corrected chi connectivity index (χ0v) is 25.5. The van der Waals surface area contributed by atoms with E-state index in [1.807, 2.05) is 73.6 Å². The van der Waals surface area contributed by atoms with E-state index in [2.05, 4.69) is 15.4 Å². The van der Waals surface area contributed by atoms with Gasteiger partial charge in [0.25, 0.3) is 0 Å². The van der Waals surface area contributed by atoms with Crippen LogP contribution in [-0.2, 0) is 10.0 Å². The number of hydrogen-bond acceptors (Lipinski definition) is 8. The summed E-state index contributed by atoms with van der Waals surface area (Å²) in [5, 5.41) is 9.62. The highest BCUT2D eigenvalue weighted by Crippen LogP contribution is 2.32. The summed E-state index contributed by atoms with van der Waals surface area (Å²) in [7, 11) is 0.305. The van der Waals surface area contributed by atoms with Crippen LogP contribution in [0.3, 0.4) is 0 Å². The first-order valence-corrected chi connectivity index (χ1v) is 16.5. The van der Waals surface area contributed by atoms with Gasteiger partial charge >= 0.3 is 0 Å². The van der Waals surface area contributed by atoms with Crippen LogP contribution in [0.15, 0.2) is 65.6 Å². The van der Waals surface area contributed by atoms with Crippen molar-refractivity contribution in [3.63, 3.8) is 0 Å². The molecule has 0 saturated heterocycles. The number of rotatable bonds is 13. The Labute approximate surface area is 249 Å². The monoisotopic (exact) mass is 589 g/mol. The SMILES string of the molecule is CN(C)c1cccc2c(S(=O)(=O)NC[C@H]3CC[C@H](CNc4nc(NCCCCN)c5ccccc5n4)CC3)cccc12. The number of para-hydroxylation sites is 1. The lowest BCUT2D eigenvalue weighted by Gasteiger charge is -2.29. The van der Waals surface area contributed by atoms with Gasteiger partial charge < -0.3 is 21.3 Å². The van der Waals surface area contributed by atoms with Crippen molar-refractivity contribution >= 4 is 49.2 Å². The first-order valence-electron chi connectivity index (χ1n) is 15.0. The minimum atomic E-state index is -3.63. The highest BCUT2D eigenvalue weighted by molar-refractivity contribution is 7.89. The number of sulfonamides is 1. The van der Waals surface area contributed by atoms with Crippen LogP contribution in [0.25, 0.3) is 21.7 Å². The minimum absolute atomic E-state index is 0.324. The molecule has 9 nitrogen and oxygen atoms in total. The fourth-order valence-corrected chi connectivity index (χ4v) is 7.17. The number of unbranched alkanes of at least 4 members (excludes halogenated alkanes) is 1. The molecule has 0 aliphatic heterocycles. The number of benzene rings is 3. The second kappa shape index (κ2) is 13.7. The van der Waals surface area contributed by atoms with Crippen LogP contribution in [-0.4, -0.2) is 58.7 Å². The molecule has 0 radical (unpaired) electrons. The molecule has 5 rings (SSSR count). The molecule has 1 heterocycles. The van der Waals surface area contributed by atoms with Gasteiger partial charge in [-0.1, -0.05) is 36.4 Å². The molecule has 1 aliphatic carbocycles. The lowest BCUT2D eigenvalue weighted by atomic mass is 9.82. The van der Waals surface area contributed by atoms with Gasteiger partial charge in [-0.15, -0.1) is 0 Å². The third kappa shape index (κ3) is 7.11. The Morgan fingerprint density at radius 2 is 1.50 bits per heavy atom. The smallest absolute Gasteiger partial charge is 0.241 e. The van der Waals surface area contributed by atoms with E-state index in [4.69, 9.17) is 15.7 Å². The van der Waals surface area contributed by atoms with E-state index in [9.17, 15) is 8.42 Å². The molecule has 42 heavy (non-hydrogen) atoms. The van der Waals surface area contributed by atoms with Gasteiger partial charge in [-0.05, 0) is 81.2 Å². The van der Waals surface area contributed by atoms with Crippen molar-refractivity contribution in [2.24, 2.45) is 17.6 Å². The molecular formula is C32H43N7O2S. The van der Waals surface area contributed by atoms with Gasteiger partial charge in [0.15, 0.2) is 0 Å². The largest absolute Gasteiger partial charge is 0.377 e. The van der Waals surface area contributed by atoms with Crippen LogP contribution in [0, 0.1) is 11.8 Å². The lowest BCUT2D eigenvalue weighted by molar-refractivity contribution is 0.284. The molecule has 1 saturated carbocycles. The summed E-state index contributed by atoms with van der Waals surface area (Å²) in [4.78, 5) is 11.9. The van der Waals surface area contributed by atoms with Gasteiger partial charge in [0.1, 0.15) is 5.82 Å². The summed E-state index contributed by atoms with van der Waals surface area (Å²) in [6.45, 7) is 2.77. The summed E-state index contributed by atoms with van der Waals surface area (Å²) in [5.41, 5.74) is 7.55. The van der Waals surface area contributed by atoms with Crippen molar-refractivity contribution in [2.75, 3.05) is 55.8 Å². The fourth-order valence-electron chi connectivity index (χ4n) is 5.84. The number of hydrogen-bond donors (Lipinski definition) is 4. The quantitative estimate of drug-likeness (QED) is 0.157. The third-order valence-corrected chi connectivity index (χ3v) is 9.72. The van der Waals surface area contributed by atoms with Gasteiger partial charge in [-0.3, -0.25) is 0 Å². The number of aromatic nitrogens is 2. The number of nitrogens with two attached hydrogens (primary N) is 1. The lowest BCUT2D eigenvalue weighted by Crippen LogP contribution is -2.32. The number of fused-ring (bicyclic) bond motifs is 2. The van der Waals surface area contributed by atoms with Crippen LogP contribution >= 0.6 is 0 Å². The molecule has 0 bridgehead atoms. The molecule has 5 N–H and O–H groups in total. The van der Waals surface area contributed by atoms with Gasteiger partial charge in [0.2, 0.25) is 16.0 Å². The first kappa shape index (κ1) is 30.0. The maximum atomic E-state index is 13.4. The fraction of sp³-hybridized carbons (Fsp3) is 0.438. The maximum Gasteiger partial charge on any atom is 0.241 e. The highest BCUT2D eigenvalue weighted by atomic mass is 32.2. The Balaban J connectivity index is 1.15. The van der Waals surface area contributed by atoms with Gasteiger partial charge in [-0.2, -0.15) is 4.98 Å². The molecule has 1 fully saturated rings. The van der Waals surface area contributed by atoms with Crippen molar-refractivity contribution in [2.45, 2.75) is 43.4 Å². The Bertz CT molecular complexity index is 1600. The van der Waals surface area contributed by atoms with Crippen molar-refractivity contribution in [1.82, 2.24) is 14.7 Å². The van der Waals surface area contributed by atoms with Crippen LogP contribution in [0.4, 0.5) is 17.5 Å². The van der Waals surface area contributed by atoms with Gasteiger partial charge in [0.05, 0.1) is 10.4 Å². The zero-order valence-electron chi connectivity index (χ0n) is 24.6. The molecule has 224 valence electrons. The van der Waals surface area contributed by atoms with Crippen LogP contribution in [0.1, 0.15) is 38.5 Å². The summed E-state index contributed by atoms with van der Waals surface area (Å²) < 4.78 is 29.6. The molecule has 0 spiro atoms. The summed E-state index contributed by atoms with van der Waals surface area (Å²) in [5.74, 6) is 2.30. The molecule has 1 aromatic heterocycles. The van der Waals surface area contributed by atoms with E-state index < -0.39 is 10.0 Å². The van der Waals surface area contributed by atoms with E-state index in [0.717, 1.165) is 84.8 Å². The molecule has 10 heteroatoms. The average Bonchev–Trinajstić information content (AvgIpc) is 3.01. The van der Waals surface area contributed by atoms with Gasteiger partial charge in [-0.25, -0.2) is 18.1 Å². The van der Waals surface area contributed by atoms with E-state index in [-0.39, 0.29) is 0 Å². The third-order valence-electron chi connectivity index (χ3n) is 8.23. The Morgan fingerprint density at radius 3 is 2.26 bits per heavy atom. The normalized spacial score (nSPS) is 17.4. The van der Waals surface area contributed by atoms with Crippen molar-refractivity contribution in [1.29, 1.82) is 0 Å². The summed E-state index contributed by atoms with van der Waals surface area (Å²) in [6, 6.07) is 19.4. The summed E-state index contributed by atoms with van der Waals surface area (Å²) in [6.07, 6.45) is 6.03. The van der Waals surface area contributed by atoms with Gasteiger partial charge in [0, 0.05) is 55.6 Å². The predicted octanol–water partition coefficient (Wildman–Crippen LogP) is 5.20. The van der Waals surface area contributed by atoms with E-state index in [1.54, 1.807) is 6.07 Å². The Kier molecular flexibility index (Phi) is 9.76. The maximum absolute atomic E-state index is 13.4. The molecule has 1 aliphatic rings. The molecule has 3 aromatic carbocycles. The van der Waals surface area contributed by atoms with E-state index in [0.29, 0.717) is 35.8 Å². The minimum Gasteiger partial charge on any atom is -0.377 e. The second-order valence-electron chi connectivity index (χ2n) is 11.5. The molecule has 0 amide bonds. The van der Waals surface area contributed by atoms with Crippen molar-refractivity contribution in [3.05, 3.63) is 60.7 Å². The molecule has 0 unspecified atom stereocenters. The summed E-state index contributed by atoms with van der Waals surface area (Å²) >= 11 is 0. The van der Waals surface area contributed by atoms with Crippen LogP contribution in [0.5, 0.6) is 0 Å².